The lowest BCUT2D eigenvalue weighted by Gasteiger charge is -2.37. The van der Waals surface area contributed by atoms with Crippen LogP contribution >= 0.6 is 0 Å². The smallest absolute Gasteiger partial charge is 0.242 e. The van der Waals surface area contributed by atoms with Gasteiger partial charge in [0.15, 0.2) is 0 Å². The highest BCUT2D eigenvalue weighted by atomic mass is 16.2. The second-order valence-corrected chi connectivity index (χ2v) is 7.57. The highest BCUT2D eigenvalue weighted by molar-refractivity contribution is 6.14. The van der Waals surface area contributed by atoms with Gasteiger partial charge in [-0.2, -0.15) is 0 Å². The van der Waals surface area contributed by atoms with Gasteiger partial charge < -0.3 is 14.7 Å². The first-order valence-corrected chi connectivity index (χ1v) is 9.48. The molecule has 1 aromatic rings. The van der Waals surface area contributed by atoms with Crippen LogP contribution in [0.1, 0.15) is 31.7 Å². The number of benzene rings is 1. The van der Waals surface area contributed by atoms with Crippen molar-refractivity contribution in [2.75, 3.05) is 37.6 Å². The molecule has 138 valence electrons. The molecule has 0 atom stereocenters. The number of fused-ring (bicyclic) bond motifs is 1. The van der Waals surface area contributed by atoms with Crippen LogP contribution in [0.15, 0.2) is 24.3 Å². The second-order valence-electron chi connectivity index (χ2n) is 7.57. The number of aryl methyl sites for hydroxylation is 1. The van der Waals surface area contributed by atoms with Crippen LogP contribution in [0.4, 0.5) is 5.69 Å². The summed E-state index contributed by atoms with van der Waals surface area (Å²) in [7, 11) is 0. The molecule has 2 heterocycles. The Balaban J connectivity index is 1.50. The zero-order valence-electron chi connectivity index (χ0n) is 15.2. The normalized spacial score (nSPS) is 21.2. The van der Waals surface area contributed by atoms with Crippen LogP contribution in [-0.2, 0) is 20.8 Å². The maximum absolute atomic E-state index is 13.3. The summed E-state index contributed by atoms with van der Waals surface area (Å²) < 4.78 is 0. The van der Waals surface area contributed by atoms with Crippen LogP contribution in [0.3, 0.4) is 0 Å². The average molecular weight is 355 g/mol. The maximum Gasteiger partial charge on any atom is 0.242 e. The number of para-hydroxylation sites is 1. The van der Waals surface area contributed by atoms with Gasteiger partial charge in [-0.3, -0.25) is 14.4 Å². The molecule has 0 N–H and O–H groups in total. The van der Waals surface area contributed by atoms with E-state index in [1.807, 2.05) is 23.1 Å². The highest BCUT2D eigenvalue weighted by Crippen LogP contribution is 2.50. The van der Waals surface area contributed by atoms with Gasteiger partial charge in [0, 0.05) is 45.3 Å². The lowest BCUT2D eigenvalue weighted by atomic mass is 9.97. The molecule has 0 unspecified atom stereocenters. The SMILES string of the molecule is CC(=O)N1CCN(C(=O)C2(C(=O)N3CCCc4ccccc43)CC2)CC1. The molecule has 2 aliphatic heterocycles. The van der Waals surface area contributed by atoms with Gasteiger partial charge in [-0.25, -0.2) is 0 Å². The van der Waals surface area contributed by atoms with Gasteiger partial charge in [0.1, 0.15) is 5.41 Å². The van der Waals surface area contributed by atoms with Crippen LogP contribution in [0.25, 0.3) is 0 Å². The quantitative estimate of drug-likeness (QED) is 0.754. The van der Waals surface area contributed by atoms with E-state index >= 15 is 0 Å². The number of nitrogens with zero attached hydrogens (tertiary/aromatic N) is 3. The van der Waals surface area contributed by atoms with Gasteiger partial charge >= 0.3 is 0 Å². The van der Waals surface area contributed by atoms with Crippen molar-refractivity contribution in [3.63, 3.8) is 0 Å². The van der Waals surface area contributed by atoms with Crippen molar-refractivity contribution in [1.29, 1.82) is 0 Å². The van der Waals surface area contributed by atoms with E-state index < -0.39 is 5.41 Å². The number of amides is 3. The van der Waals surface area contributed by atoms with Crippen LogP contribution < -0.4 is 4.90 Å². The molecule has 6 nitrogen and oxygen atoms in total. The lowest BCUT2D eigenvalue weighted by molar-refractivity contribution is -0.146. The van der Waals surface area contributed by atoms with Crippen molar-refractivity contribution in [2.24, 2.45) is 5.41 Å². The van der Waals surface area contributed by atoms with Crippen molar-refractivity contribution in [3.8, 4) is 0 Å². The molecule has 6 heteroatoms. The van der Waals surface area contributed by atoms with Gasteiger partial charge in [-0.15, -0.1) is 0 Å². The monoisotopic (exact) mass is 355 g/mol. The Morgan fingerprint density at radius 3 is 2.19 bits per heavy atom. The Bertz CT molecular complexity index is 748. The van der Waals surface area contributed by atoms with Crippen LogP contribution in [0, 0.1) is 5.41 Å². The number of carbonyl (C=O) groups excluding carboxylic acids is 3. The minimum atomic E-state index is -0.872. The molecule has 0 spiro atoms. The molecule has 0 aromatic heterocycles. The summed E-state index contributed by atoms with van der Waals surface area (Å²) in [5.41, 5.74) is 1.28. The van der Waals surface area contributed by atoms with Crippen molar-refractivity contribution >= 4 is 23.4 Å². The zero-order valence-corrected chi connectivity index (χ0v) is 15.2. The maximum atomic E-state index is 13.3. The predicted molar refractivity (Wildman–Crippen MR) is 97.6 cm³/mol. The van der Waals surface area contributed by atoms with Crippen molar-refractivity contribution < 1.29 is 14.4 Å². The van der Waals surface area contributed by atoms with E-state index in [4.69, 9.17) is 0 Å². The van der Waals surface area contributed by atoms with Crippen molar-refractivity contribution in [3.05, 3.63) is 29.8 Å². The van der Waals surface area contributed by atoms with Gasteiger partial charge in [0.25, 0.3) is 0 Å². The summed E-state index contributed by atoms with van der Waals surface area (Å²) in [5.74, 6) is -0.0448. The Morgan fingerprint density at radius 2 is 1.54 bits per heavy atom. The molecule has 2 fully saturated rings. The molecule has 3 amide bonds. The predicted octanol–water partition coefficient (Wildman–Crippen LogP) is 1.44. The molecule has 0 bridgehead atoms. The summed E-state index contributed by atoms with van der Waals surface area (Å²) in [4.78, 5) is 43.3. The van der Waals surface area contributed by atoms with Crippen molar-refractivity contribution in [2.45, 2.75) is 32.6 Å². The Labute approximate surface area is 153 Å². The fourth-order valence-electron chi connectivity index (χ4n) is 4.17. The molecular formula is C20H25N3O3. The lowest BCUT2D eigenvalue weighted by Crippen LogP contribution is -2.54. The van der Waals surface area contributed by atoms with E-state index in [-0.39, 0.29) is 17.7 Å². The third-order valence-electron chi connectivity index (χ3n) is 5.94. The zero-order chi connectivity index (χ0) is 18.3. The van der Waals surface area contributed by atoms with Gasteiger partial charge in [0.05, 0.1) is 0 Å². The standard InChI is InChI=1S/C20H25N3O3/c1-15(24)21-11-13-22(14-12-21)18(25)20(8-9-20)19(26)23-10-4-6-16-5-2-3-7-17(16)23/h2-3,5,7H,4,6,8-14H2,1H3. The molecule has 1 saturated carbocycles. The number of hydrogen-bond acceptors (Lipinski definition) is 3. The molecule has 4 rings (SSSR count). The van der Waals surface area contributed by atoms with E-state index in [9.17, 15) is 14.4 Å². The van der Waals surface area contributed by atoms with E-state index in [1.54, 1.807) is 16.7 Å². The summed E-state index contributed by atoms with van der Waals surface area (Å²) in [6.45, 7) is 4.38. The number of piperazine rings is 1. The average Bonchev–Trinajstić information content (AvgIpc) is 3.48. The Hall–Kier alpha value is -2.37. The molecular weight excluding hydrogens is 330 g/mol. The summed E-state index contributed by atoms with van der Waals surface area (Å²) in [6, 6.07) is 8.00. The third-order valence-corrected chi connectivity index (χ3v) is 5.94. The highest BCUT2D eigenvalue weighted by Gasteiger charge is 2.59. The van der Waals surface area contributed by atoms with Crippen LogP contribution in [0.2, 0.25) is 0 Å². The molecule has 1 aromatic carbocycles. The Kier molecular flexibility index (Phi) is 4.21. The minimum absolute atomic E-state index is 0.0383. The van der Waals surface area contributed by atoms with Crippen LogP contribution in [-0.4, -0.2) is 60.2 Å². The fourth-order valence-corrected chi connectivity index (χ4v) is 4.17. The summed E-state index contributed by atoms with van der Waals surface area (Å²) >= 11 is 0. The molecule has 3 aliphatic rings. The third kappa shape index (κ3) is 2.77. The van der Waals surface area contributed by atoms with Crippen molar-refractivity contribution in [1.82, 2.24) is 9.80 Å². The van der Waals surface area contributed by atoms with Crippen LogP contribution in [0.5, 0.6) is 0 Å². The largest absolute Gasteiger partial charge is 0.339 e. The van der Waals surface area contributed by atoms with Gasteiger partial charge in [-0.05, 0) is 37.3 Å². The fraction of sp³-hybridized carbons (Fsp3) is 0.550. The van der Waals surface area contributed by atoms with Gasteiger partial charge in [0.2, 0.25) is 17.7 Å². The summed E-state index contributed by atoms with van der Waals surface area (Å²) in [6.07, 6.45) is 3.19. The first-order valence-electron chi connectivity index (χ1n) is 9.48. The number of rotatable bonds is 2. The number of anilines is 1. The molecule has 1 saturated heterocycles. The summed E-state index contributed by atoms with van der Waals surface area (Å²) in [5, 5.41) is 0. The first kappa shape index (κ1) is 17.1. The second kappa shape index (κ2) is 6.41. The number of hydrogen-bond donors (Lipinski definition) is 0. The van der Waals surface area contributed by atoms with E-state index in [2.05, 4.69) is 6.07 Å². The molecule has 1 aliphatic carbocycles. The minimum Gasteiger partial charge on any atom is -0.339 e. The molecule has 26 heavy (non-hydrogen) atoms. The van der Waals surface area contributed by atoms with E-state index in [0.717, 1.165) is 18.5 Å². The Morgan fingerprint density at radius 1 is 0.885 bits per heavy atom. The van der Waals surface area contributed by atoms with Gasteiger partial charge in [-0.1, -0.05) is 18.2 Å². The van der Waals surface area contributed by atoms with E-state index in [0.29, 0.717) is 45.6 Å². The topological polar surface area (TPSA) is 60.9 Å². The molecule has 0 radical (unpaired) electrons. The number of carbonyl (C=O) groups is 3. The van der Waals surface area contributed by atoms with E-state index in [1.165, 1.54) is 5.56 Å². The first-order chi connectivity index (χ1) is 12.5.